The van der Waals surface area contributed by atoms with Gasteiger partial charge in [-0.2, -0.15) is 0 Å². The van der Waals surface area contributed by atoms with Gasteiger partial charge in [0.15, 0.2) is 0 Å². The quantitative estimate of drug-likeness (QED) is 0.781. The minimum atomic E-state index is -0.953. The molecule has 1 aromatic carbocycles. The Morgan fingerprint density at radius 2 is 2.12 bits per heavy atom. The van der Waals surface area contributed by atoms with Crippen molar-refractivity contribution in [1.29, 1.82) is 0 Å². The van der Waals surface area contributed by atoms with Crippen LogP contribution in [0, 0.1) is 0 Å². The molecular weight excluding hydrogens is 206 g/mol. The number of hydrogen-bond acceptors (Lipinski definition) is 3. The Hall–Kier alpha value is -1.68. The van der Waals surface area contributed by atoms with Gasteiger partial charge >= 0.3 is 5.97 Å². The van der Waals surface area contributed by atoms with Crippen LogP contribution in [0.3, 0.4) is 0 Å². The summed E-state index contributed by atoms with van der Waals surface area (Å²) in [6.07, 6.45) is 0.507. The van der Waals surface area contributed by atoms with Crippen molar-refractivity contribution >= 4 is 11.8 Å². The highest BCUT2D eigenvalue weighted by atomic mass is 16.4. The molecule has 4 nitrogen and oxygen atoms in total. The number of nitrogens with one attached hydrogen (secondary N) is 1. The first kappa shape index (κ1) is 12.4. The van der Waals surface area contributed by atoms with E-state index in [0.717, 1.165) is 5.56 Å². The number of benzene rings is 1. The molecule has 0 bridgehead atoms. The van der Waals surface area contributed by atoms with Crippen LogP contribution in [0.1, 0.15) is 22.8 Å². The lowest BCUT2D eigenvalue weighted by Gasteiger charge is -2.12. The van der Waals surface area contributed by atoms with E-state index >= 15 is 0 Å². The summed E-state index contributed by atoms with van der Waals surface area (Å²) in [4.78, 5) is 22.0. The van der Waals surface area contributed by atoms with Crippen molar-refractivity contribution in [3.8, 4) is 0 Å². The summed E-state index contributed by atoms with van der Waals surface area (Å²) in [5.74, 6) is -0.908. The molecule has 1 atom stereocenters. The molecule has 0 saturated heterocycles. The van der Waals surface area contributed by atoms with Crippen molar-refractivity contribution in [2.24, 2.45) is 0 Å². The third-order valence-electron chi connectivity index (χ3n) is 2.45. The summed E-state index contributed by atoms with van der Waals surface area (Å²) in [6, 6.07) is 6.37. The molecule has 0 saturated carbocycles. The Bertz CT molecular complexity index is 401. The van der Waals surface area contributed by atoms with Crippen molar-refractivity contribution in [3.63, 3.8) is 0 Å². The molecule has 1 rings (SSSR count). The summed E-state index contributed by atoms with van der Waals surface area (Å²) in [5, 5.41) is 11.7. The molecule has 0 aliphatic heterocycles. The molecule has 2 N–H and O–H groups in total. The summed E-state index contributed by atoms with van der Waals surface area (Å²) in [6.45, 7) is 1.52. The summed E-state index contributed by atoms with van der Waals surface area (Å²) in [5.41, 5.74) is 1.09. The van der Waals surface area contributed by atoms with Gasteiger partial charge in [-0.25, -0.2) is 4.79 Å². The van der Waals surface area contributed by atoms with E-state index in [1.807, 2.05) is 6.07 Å². The van der Waals surface area contributed by atoms with E-state index in [2.05, 4.69) is 5.32 Å². The predicted molar refractivity (Wildman–Crippen MR) is 60.6 cm³/mol. The zero-order valence-electron chi connectivity index (χ0n) is 9.36. The highest BCUT2D eigenvalue weighted by Crippen LogP contribution is 2.08. The minimum Gasteiger partial charge on any atom is -0.478 e. The first-order chi connectivity index (χ1) is 7.54. The van der Waals surface area contributed by atoms with E-state index in [1.165, 1.54) is 13.0 Å². The molecule has 0 aliphatic rings. The second-order valence-electron chi connectivity index (χ2n) is 3.66. The number of rotatable bonds is 5. The maximum absolute atomic E-state index is 11.2. The number of aromatic carboxylic acids is 1. The second-order valence-corrected chi connectivity index (χ2v) is 3.66. The molecule has 1 aromatic rings. The molecule has 0 radical (unpaired) electrons. The molecule has 0 fully saturated rings. The van der Waals surface area contributed by atoms with Gasteiger partial charge in [0.1, 0.15) is 5.78 Å². The van der Waals surface area contributed by atoms with Crippen LogP contribution < -0.4 is 5.32 Å². The Kier molecular flexibility index (Phi) is 4.19. The lowest BCUT2D eigenvalue weighted by atomic mass is 10.0. The van der Waals surface area contributed by atoms with E-state index in [-0.39, 0.29) is 17.4 Å². The number of likely N-dealkylation sites (N-methyl/N-ethyl adjacent to an activating group) is 1. The maximum atomic E-state index is 11.2. The molecule has 0 aromatic heterocycles. The van der Waals surface area contributed by atoms with Gasteiger partial charge in [0.25, 0.3) is 0 Å². The van der Waals surface area contributed by atoms with E-state index in [0.29, 0.717) is 6.42 Å². The predicted octanol–water partition coefficient (Wildman–Crippen LogP) is 1.10. The van der Waals surface area contributed by atoms with Crippen LogP contribution in [-0.4, -0.2) is 29.9 Å². The molecule has 0 heterocycles. The number of carbonyl (C=O) groups excluding carboxylic acids is 1. The number of hydrogen-bond donors (Lipinski definition) is 2. The molecule has 86 valence electrons. The van der Waals surface area contributed by atoms with E-state index in [4.69, 9.17) is 5.11 Å². The average molecular weight is 221 g/mol. The number of carbonyl (C=O) groups is 2. The molecule has 0 spiro atoms. The van der Waals surface area contributed by atoms with E-state index in [1.54, 1.807) is 19.2 Å². The molecule has 0 amide bonds. The van der Waals surface area contributed by atoms with Gasteiger partial charge in [-0.1, -0.05) is 12.1 Å². The SMILES string of the molecule is CN[C@@H](Cc1cccc(C(=O)O)c1)C(C)=O. The molecule has 4 heteroatoms. The molecular formula is C12H15NO3. The Morgan fingerprint density at radius 1 is 1.44 bits per heavy atom. The van der Waals surface area contributed by atoms with Crippen LogP contribution in [0.15, 0.2) is 24.3 Å². The van der Waals surface area contributed by atoms with Gasteiger partial charge in [-0.05, 0) is 38.1 Å². The zero-order valence-corrected chi connectivity index (χ0v) is 9.36. The van der Waals surface area contributed by atoms with Crippen molar-refractivity contribution in [2.45, 2.75) is 19.4 Å². The second kappa shape index (κ2) is 5.42. The Morgan fingerprint density at radius 3 is 2.62 bits per heavy atom. The number of Topliss-reactive ketones (excluding diaryl/α,β-unsaturated/α-hetero) is 1. The number of ketones is 1. The fraction of sp³-hybridized carbons (Fsp3) is 0.333. The van der Waals surface area contributed by atoms with Crippen LogP contribution in [0.2, 0.25) is 0 Å². The average Bonchev–Trinajstić information content (AvgIpc) is 2.25. The standard InChI is InChI=1S/C12H15NO3/c1-8(14)11(13-2)7-9-4-3-5-10(6-9)12(15)16/h3-6,11,13H,7H2,1-2H3,(H,15,16)/t11-/m0/s1. The van der Waals surface area contributed by atoms with Gasteiger partial charge in [0, 0.05) is 0 Å². The van der Waals surface area contributed by atoms with Gasteiger partial charge in [-0.15, -0.1) is 0 Å². The summed E-state index contributed by atoms with van der Waals surface area (Å²) >= 11 is 0. The first-order valence-corrected chi connectivity index (χ1v) is 5.04. The van der Waals surface area contributed by atoms with E-state index in [9.17, 15) is 9.59 Å². The fourth-order valence-electron chi connectivity index (χ4n) is 1.52. The minimum absolute atomic E-state index is 0.0447. The smallest absolute Gasteiger partial charge is 0.335 e. The monoisotopic (exact) mass is 221 g/mol. The Balaban J connectivity index is 2.84. The third-order valence-corrected chi connectivity index (χ3v) is 2.45. The van der Waals surface area contributed by atoms with Crippen LogP contribution in [-0.2, 0) is 11.2 Å². The lowest BCUT2D eigenvalue weighted by molar-refractivity contribution is -0.118. The van der Waals surface area contributed by atoms with Crippen LogP contribution >= 0.6 is 0 Å². The summed E-state index contributed by atoms with van der Waals surface area (Å²) < 4.78 is 0. The van der Waals surface area contributed by atoms with Crippen molar-refractivity contribution < 1.29 is 14.7 Å². The van der Waals surface area contributed by atoms with Gasteiger partial charge in [0.2, 0.25) is 0 Å². The third kappa shape index (κ3) is 3.17. The Labute approximate surface area is 94.3 Å². The highest BCUT2D eigenvalue weighted by molar-refractivity contribution is 5.88. The van der Waals surface area contributed by atoms with Crippen LogP contribution in [0.4, 0.5) is 0 Å². The number of carboxylic acid groups (broad SMARTS) is 1. The van der Waals surface area contributed by atoms with Crippen molar-refractivity contribution in [1.82, 2.24) is 5.32 Å². The maximum Gasteiger partial charge on any atom is 0.335 e. The largest absolute Gasteiger partial charge is 0.478 e. The first-order valence-electron chi connectivity index (χ1n) is 5.04. The molecule has 0 aliphatic carbocycles. The van der Waals surface area contributed by atoms with Crippen molar-refractivity contribution in [2.75, 3.05) is 7.05 Å². The van der Waals surface area contributed by atoms with Crippen molar-refractivity contribution in [3.05, 3.63) is 35.4 Å². The van der Waals surface area contributed by atoms with E-state index < -0.39 is 5.97 Å². The summed E-state index contributed by atoms with van der Waals surface area (Å²) in [7, 11) is 1.72. The molecule has 16 heavy (non-hydrogen) atoms. The topological polar surface area (TPSA) is 66.4 Å². The normalized spacial score (nSPS) is 12.1. The number of carboxylic acids is 1. The van der Waals surface area contributed by atoms with Gasteiger partial charge < -0.3 is 10.4 Å². The fourth-order valence-corrected chi connectivity index (χ4v) is 1.52. The lowest BCUT2D eigenvalue weighted by Crippen LogP contribution is -2.34. The van der Waals surface area contributed by atoms with Crippen LogP contribution in [0.25, 0.3) is 0 Å². The van der Waals surface area contributed by atoms with Crippen LogP contribution in [0.5, 0.6) is 0 Å². The van der Waals surface area contributed by atoms with Gasteiger partial charge in [0.05, 0.1) is 11.6 Å². The molecule has 0 unspecified atom stereocenters. The zero-order chi connectivity index (χ0) is 12.1. The van der Waals surface area contributed by atoms with Gasteiger partial charge in [-0.3, -0.25) is 4.79 Å². The highest BCUT2D eigenvalue weighted by Gasteiger charge is 2.13.